The molecule has 0 aliphatic heterocycles. The van der Waals surface area contributed by atoms with Crippen LogP contribution in [0.15, 0.2) is 46.9 Å². The predicted octanol–water partition coefficient (Wildman–Crippen LogP) is 4.57. The number of carbonyl (C=O) groups is 1. The molecule has 0 aliphatic carbocycles. The second-order valence-corrected chi connectivity index (χ2v) is 6.17. The van der Waals surface area contributed by atoms with Crippen LogP contribution >= 0.6 is 39.1 Å². The number of benzene rings is 2. The van der Waals surface area contributed by atoms with Gasteiger partial charge in [-0.15, -0.1) is 0 Å². The minimum Gasteiger partial charge on any atom is -0.481 e. The normalized spacial score (nSPS) is 9.70. The third kappa shape index (κ3) is 5.80. The highest BCUT2D eigenvalue weighted by Crippen LogP contribution is 2.20. The first kappa shape index (κ1) is 17.7. The highest BCUT2D eigenvalue weighted by Gasteiger charge is 2.09. The van der Waals surface area contributed by atoms with Gasteiger partial charge in [0.2, 0.25) is 0 Å². The van der Waals surface area contributed by atoms with E-state index in [0.29, 0.717) is 15.6 Å². The van der Waals surface area contributed by atoms with Gasteiger partial charge in [-0.2, -0.15) is 0 Å². The molecule has 23 heavy (non-hydrogen) atoms. The van der Waals surface area contributed by atoms with Crippen molar-refractivity contribution in [3.63, 3.8) is 0 Å². The monoisotopic (exact) mass is 411 g/mol. The molecule has 118 valence electrons. The minimum atomic E-state index is -0.297. The fourth-order valence-electron chi connectivity index (χ4n) is 1.68. The van der Waals surface area contributed by atoms with E-state index in [-0.39, 0.29) is 19.1 Å². The molecule has 0 heterocycles. The van der Waals surface area contributed by atoms with E-state index in [0.717, 1.165) is 10.2 Å². The summed E-state index contributed by atoms with van der Waals surface area (Å²) in [5.74, 6) is 6.07. The van der Waals surface area contributed by atoms with E-state index in [1.165, 1.54) is 6.07 Å². The van der Waals surface area contributed by atoms with Gasteiger partial charge >= 0.3 is 0 Å². The SMILES string of the molecule is O=C(NCC#CCOc1cccc(Br)c1)c1ccc(Cl)cc1Cl. The van der Waals surface area contributed by atoms with Crippen LogP contribution < -0.4 is 10.1 Å². The lowest BCUT2D eigenvalue weighted by atomic mass is 10.2. The Morgan fingerprint density at radius 1 is 1.17 bits per heavy atom. The number of ether oxygens (including phenoxy) is 1. The largest absolute Gasteiger partial charge is 0.481 e. The van der Waals surface area contributed by atoms with E-state index >= 15 is 0 Å². The lowest BCUT2D eigenvalue weighted by Gasteiger charge is -2.04. The van der Waals surface area contributed by atoms with Crippen LogP contribution in [0, 0.1) is 11.8 Å². The fraction of sp³-hybridized carbons (Fsp3) is 0.118. The molecule has 6 heteroatoms. The van der Waals surface area contributed by atoms with Gasteiger partial charge in [-0.25, -0.2) is 0 Å². The molecule has 0 atom stereocenters. The molecule has 1 amide bonds. The molecule has 0 aromatic heterocycles. The van der Waals surface area contributed by atoms with Crippen molar-refractivity contribution in [2.24, 2.45) is 0 Å². The van der Waals surface area contributed by atoms with Crippen LogP contribution in [0.1, 0.15) is 10.4 Å². The second-order valence-electron chi connectivity index (χ2n) is 4.41. The molecule has 0 saturated heterocycles. The van der Waals surface area contributed by atoms with Crippen molar-refractivity contribution in [3.8, 4) is 17.6 Å². The van der Waals surface area contributed by atoms with E-state index in [1.807, 2.05) is 24.3 Å². The molecule has 2 aromatic rings. The number of amides is 1. The smallest absolute Gasteiger partial charge is 0.253 e. The summed E-state index contributed by atoms with van der Waals surface area (Å²) in [6, 6.07) is 12.2. The summed E-state index contributed by atoms with van der Waals surface area (Å²) in [6.07, 6.45) is 0. The molecule has 0 aliphatic rings. The number of hydrogen-bond donors (Lipinski definition) is 1. The van der Waals surface area contributed by atoms with Gasteiger partial charge in [0.05, 0.1) is 17.1 Å². The van der Waals surface area contributed by atoms with Crippen LogP contribution in [-0.2, 0) is 0 Å². The maximum atomic E-state index is 11.9. The van der Waals surface area contributed by atoms with Crippen LogP contribution in [0.25, 0.3) is 0 Å². The zero-order valence-corrected chi connectivity index (χ0v) is 15.0. The molecular weight excluding hydrogens is 401 g/mol. The first-order valence-electron chi connectivity index (χ1n) is 6.63. The van der Waals surface area contributed by atoms with Crippen LogP contribution in [-0.4, -0.2) is 19.1 Å². The first-order chi connectivity index (χ1) is 11.1. The van der Waals surface area contributed by atoms with Gasteiger partial charge in [0.1, 0.15) is 12.4 Å². The van der Waals surface area contributed by atoms with Gasteiger partial charge in [0.15, 0.2) is 0 Å². The highest BCUT2D eigenvalue weighted by molar-refractivity contribution is 9.10. The van der Waals surface area contributed by atoms with Crippen molar-refractivity contribution in [3.05, 3.63) is 62.5 Å². The molecule has 0 spiro atoms. The zero-order valence-electron chi connectivity index (χ0n) is 11.9. The molecule has 0 bridgehead atoms. The van der Waals surface area contributed by atoms with Gasteiger partial charge in [0.25, 0.3) is 5.91 Å². The molecule has 0 radical (unpaired) electrons. The summed E-state index contributed by atoms with van der Waals surface area (Å²) in [4.78, 5) is 11.9. The van der Waals surface area contributed by atoms with Gasteiger partial charge in [-0.1, -0.05) is 57.0 Å². The standard InChI is InChI=1S/C17H12BrCl2NO2/c18-12-4-3-5-14(10-12)23-9-2-1-8-21-17(22)15-7-6-13(19)11-16(15)20/h3-7,10-11H,8-9H2,(H,21,22). The highest BCUT2D eigenvalue weighted by atomic mass is 79.9. The zero-order chi connectivity index (χ0) is 16.7. The van der Waals surface area contributed by atoms with Crippen molar-refractivity contribution in [2.45, 2.75) is 0 Å². The Kier molecular flexibility index (Phi) is 6.79. The Labute approximate surface area is 153 Å². The van der Waals surface area contributed by atoms with E-state index in [2.05, 4.69) is 33.1 Å². The van der Waals surface area contributed by atoms with Crippen molar-refractivity contribution < 1.29 is 9.53 Å². The Hall–Kier alpha value is -1.67. The number of halogens is 3. The Bertz CT molecular complexity index is 769. The number of carbonyl (C=O) groups excluding carboxylic acids is 1. The first-order valence-corrected chi connectivity index (χ1v) is 8.18. The Balaban J connectivity index is 1.78. The average Bonchev–Trinajstić information content (AvgIpc) is 2.50. The summed E-state index contributed by atoms with van der Waals surface area (Å²) >= 11 is 15.1. The summed E-state index contributed by atoms with van der Waals surface area (Å²) in [6.45, 7) is 0.452. The second kappa shape index (κ2) is 8.83. The third-order valence-corrected chi connectivity index (χ3v) is 3.79. The molecule has 0 unspecified atom stereocenters. The molecule has 2 rings (SSSR count). The molecule has 0 saturated carbocycles. The maximum absolute atomic E-state index is 11.9. The van der Waals surface area contributed by atoms with Gasteiger partial charge in [0, 0.05) is 9.50 Å². The summed E-state index contributed by atoms with van der Waals surface area (Å²) in [5, 5.41) is 3.45. The Morgan fingerprint density at radius 2 is 2.00 bits per heavy atom. The molecular formula is C17H12BrCl2NO2. The van der Waals surface area contributed by atoms with E-state index in [4.69, 9.17) is 27.9 Å². The molecule has 2 aromatic carbocycles. The number of nitrogens with one attached hydrogen (secondary N) is 1. The lowest BCUT2D eigenvalue weighted by Crippen LogP contribution is -2.23. The molecule has 0 fully saturated rings. The number of hydrogen-bond acceptors (Lipinski definition) is 2. The third-order valence-electron chi connectivity index (χ3n) is 2.75. The Morgan fingerprint density at radius 3 is 2.74 bits per heavy atom. The number of rotatable bonds is 4. The van der Waals surface area contributed by atoms with Gasteiger partial charge in [-0.3, -0.25) is 4.79 Å². The van der Waals surface area contributed by atoms with Crippen molar-refractivity contribution >= 4 is 45.0 Å². The maximum Gasteiger partial charge on any atom is 0.253 e. The van der Waals surface area contributed by atoms with Crippen LogP contribution in [0.3, 0.4) is 0 Å². The van der Waals surface area contributed by atoms with Crippen LogP contribution in [0.5, 0.6) is 5.75 Å². The fourth-order valence-corrected chi connectivity index (χ4v) is 2.56. The van der Waals surface area contributed by atoms with Crippen LogP contribution in [0.4, 0.5) is 0 Å². The lowest BCUT2D eigenvalue weighted by molar-refractivity contribution is 0.0959. The summed E-state index contributed by atoms with van der Waals surface area (Å²) in [5.41, 5.74) is 0.364. The van der Waals surface area contributed by atoms with Gasteiger partial charge in [-0.05, 0) is 36.4 Å². The van der Waals surface area contributed by atoms with Crippen molar-refractivity contribution in [2.75, 3.05) is 13.2 Å². The average molecular weight is 413 g/mol. The minimum absolute atomic E-state index is 0.208. The predicted molar refractivity (Wildman–Crippen MR) is 96.2 cm³/mol. The quantitative estimate of drug-likeness (QED) is 0.747. The van der Waals surface area contributed by atoms with Crippen LogP contribution in [0.2, 0.25) is 10.0 Å². The summed E-state index contributed by atoms with van der Waals surface area (Å²) < 4.78 is 6.40. The molecule has 1 N–H and O–H groups in total. The van der Waals surface area contributed by atoms with E-state index in [9.17, 15) is 4.79 Å². The topological polar surface area (TPSA) is 38.3 Å². The van der Waals surface area contributed by atoms with E-state index in [1.54, 1.807) is 12.1 Å². The van der Waals surface area contributed by atoms with Crippen molar-refractivity contribution in [1.82, 2.24) is 5.32 Å². The van der Waals surface area contributed by atoms with Crippen molar-refractivity contribution in [1.29, 1.82) is 0 Å². The molecule has 3 nitrogen and oxygen atoms in total. The van der Waals surface area contributed by atoms with E-state index < -0.39 is 0 Å². The van der Waals surface area contributed by atoms with Gasteiger partial charge < -0.3 is 10.1 Å². The summed E-state index contributed by atoms with van der Waals surface area (Å²) in [7, 11) is 0.